The Hall–Kier alpha value is -1.62. The smallest absolute Gasteiger partial charge is 0.407 e. The zero-order chi connectivity index (χ0) is 16.2. The average molecular weight is 308 g/mol. The first-order chi connectivity index (χ1) is 10.3. The third-order valence-electron chi connectivity index (χ3n) is 3.66. The third kappa shape index (κ3) is 5.30. The summed E-state index contributed by atoms with van der Waals surface area (Å²) in [6, 6.07) is 7.00. The van der Waals surface area contributed by atoms with Crippen molar-refractivity contribution in [1.82, 2.24) is 10.2 Å². The van der Waals surface area contributed by atoms with Gasteiger partial charge < -0.3 is 10.1 Å². The molecule has 1 heterocycles. The number of alkyl carbamates (subject to hydrolysis) is 1. The van der Waals surface area contributed by atoms with Crippen LogP contribution in [-0.2, 0) is 11.3 Å². The summed E-state index contributed by atoms with van der Waals surface area (Å²) in [4.78, 5) is 14.0. The van der Waals surface area contributed by atoms with Gasteiger partial charge in [0.25, 0.3) is 0 Å². The molecule has 1 fully saturated rings. The van der Waals surface area contributed by atoms with Crippen molar-refractivity contribution < 1.29 is 13.9 Å². The summed E-state index contributed by atoms with van der Waals surface area (Å²) in [5, 5.41) is 2.91. The van der Waals surface area contributed by atoms with E-state index in [1.165, 1.54) is 6.07 Å². The fourth-order valence-electron chi connectivity index (χ4n) is 2.58. The molecular formula is C17H25FN2O2. The SMILES string of the molecule is CC(C)(C)OC(=O)NC1CCN(Cc2ccccc2F)CC1. The molecule has 0 atom stereocenters. The van der Waals surface area contributed by atoms with Crippen molar-refractivity contribution in [2.45, 2.75) is 51.8 Å². The molecule has 0 unspecified atom stereocenters. The number of carbonyl (C=O) groups is 1. The van der Waals surface area contributed by atoms with Gasteiger partial charge in [0, 0.05) is 31.2 Å². The number of halogens is 1. The molecule has 0 spiro atoms. The molecule has 0 aliphatic carbocycles. The molecule has 0 saturated carbocycles. The summed E-state index contributed by atoms with van der Waals surface area (Å²) in [7, 11) is 0. The number of hydrogen-bond acceptors (Lipinski definition) is 3. The van der Waals surface area contributed by atoms with E-state index >= 15 is 0 Å². The van der Waals surface area contributed by atoms with Crippen molar-refractivity contribution >= 4 is 6.09 Å². The van der Waals surface area contributed by atoms with Gasteiger partial charge in [-0.3, -0.25) is 4.90 Å². The molecule has 4 nitrogen and oxygen atoms in total. The van der Waals surface area contributed by atoms with E-state index in [1.54, 1.807) is 6.07 Å². The Morgan fingerprint density at radius 3 is 2.55 bits per heavy atom. The highest BCUT2D eigenvalue weighted by atomic mass is 19.1. The van der Waals surface area contributed by atoms with Crippen LogP contribution in [0.15, 0.2) is 24.3 Å². The number of likely N-dealkylation sites (tertiary alicyclic amines) is 1. The van der Waals surface area contributed by atoms with Gasteiger partial charge in [-0.25, -0.2) is 9.18 Å². The Morgan fingerprint density at radius 1 is 1.32 bits per heavy atom. The molecule has 1 amide bonds. The Kier molecular flexibility index (Phi) is 5.40. The van der Waals surface area contributed by atoms with Gasteiger partial charge in [0.15, 0.2) is 0 Å². The lowest BCUT2D eigenvalue weighted by Gasteiger charge is -2.32. The van der Waals surface area contributed by atoms with Crippen LogP contribution in [-0.4, -0.2) is 35.7 Å². The van der Waals surface area contributed by atoms with E-state index < -0.39 is 5.60 Å². The molecule has 2 rings (SSSR count). The number of carbonyl (C=O) groups excluding carboxylic acids is 1. The van der Waals surface area contributed by atoms with Gasteiger partial charge in [0.1, 0.15) is 11.4 Å². The largest absolute Gasteiger partial charge is 0.444 e. The Morgan fingerprint density at radius 2 is 1.95 bits per heavy atom. The number of hydrogen-bond donors (Lipinski definition) is 1. The van der Waals surface area contributed by atoms with Gasteiger partial charge in [-0.15, -0.1) is 0 Å². The Balaban J connectivity index is 1.76. The van der Waals surface area contributed by atoms with E-state index in [0.29, 0.717) is 6.54 Å². The number of nitrogens with one attached hydrogen (secondary N) is 1. The Bertz CT molecular complexity index is 506. The lowest BCUT2D eigenvalue weighted by Crippen LogP contribution is -2.45. The highest BCUT2D eigenvalue weighted by Gasteiger charge is 2.23. The first-order valence-corrected chi connectivity index (χ1v) is 7.79. The van der Waals surface area contributed by atoms with Crippen molar-refractivity contribution in [2.24, 2.45) is 0 Å². The molecule has 0 aromatic heterocycles. The molecule has 5 heteroatoms. The standard InChI is InChI=1S/C17H25FN2O2/c1-17(2,3)22-16(21)19-14-8-10-20(11-9-14)12-13-6-4-5-7-15(13)18/h4-7,14H,8-12H2,1-3H3,(H,19,21). The molecule has 1 saturated heterocycles. The molecule has 22 heavy (non-hydrogen) atoms. The van der Waals surface area contributed by atoms with Crippen LogP contribution in [0.25, 0.3) is 0 Å². The monoisotopic (exact) mass is 308 g/mol. The van der Waals surface area contributed by atoms with Crippen LogP contribution in [0.3, 0.4) is 0 Å². The minimum atomic E-state index is -0.477. The van der Waals surface area contributed by atoms with Gasteiger partial charge in [-0.2, -0.15) is 0 Å². The van der Waals surface area contributed by atoms with Crippen molar-refractivity contribution in [3.05, 3.63) is 35.6 Å². The van der Waals surface area contributed by atoms with E-state index in [2.05, 4.69) is 10.2 Å². The first kappa shape index (κ1) is 16.7. The minimum Gasteiger partial charge on any atom is -0.444 e. The molecule has 1 aromatic carbocycles. The van der Waals surface area contributed by atoms with E-state index in [1.807, 2.05) is 32.9 Å². The van der Waals surface area contributed by atoms with Crippen molar-refractivity contribution in [3.63, 3.8) is 0 Å². The second-order valence-corrected chi connectivity index (χ2v) is 6.79. The molecule has 1 N–H and O–H groups in total. The summed E-state index contributed by atoms with van der Waals surface area (Å²) in [5.74, 6) is -0.156. The number of ether oxygens (including phenoxy) is 1. The summed E-state index contributed by atoms with van der Waals surface area (Å²) in [5.41, 5.74) is 0.247. The zero-order valence-electron chi connectivity index (χ0n) is 13.6. The number of rotatable bonds is 3. The molecule has 1 aromatic rings. The summed E-state index contributed by atoms with van der Waals surface area (Å²) >= 11 is 0. The van der Waals surface area contributed by atoms with Gasteiger partial charge in [-0.05, 0) is 39.7 Å². The Labute approximate surface area is 131 Å². The summed E-state index contributed by atoms with van der Waals surface area (Å²) < 4.78 is 18.9. The van der Waals surface area contributed by atoms with Crippen molar-refractivity contribution in [1.29, 1.82) is 0 Å². The number of benzene rings is 1. The predicted molar refractivity (Wildman–Crippen MR) is 84.1 cm³/mol. The molecular weight excluding hydrogens is 283 g/mol. The predicted octanol–water partition coefficient (Wildman–Crippen LogP) is 3.31. The second kappa shape index (κ2) is 7.09. The maximum atomic E-state index is 13.7. The summed E-state index contributed by atoms with van der Waals surface area (Å²) in [6.45, 7) is 7.85. The van der Waals surface area contributed by atoms with Gasteiger partial charge in [-0.1, -0.05) is 18.2 Å². The fraction of sp³-hybridized carbons (Fsp3) is 0.588. The van der Waals surface area contributed by atoms with E-state index in [4.69, 9.17) is 4.74 Å². The van der Waals surface area contributed by atoms with E-state index in [9.17, 15) is 9.18 Å². The minimum absolute atomic E-state index is 0.131. The molecule has 0 radical (unpaired) electrons. The third-order valence-corrected chi connectivity index (χ3v) is 3.66. The normalized spacial score (nSPS) is 17.3. The maximum absolute atomic E-state index is 13.7. The van der Waals surface area contributed by atoms with Crippen LogP contribution in [0.5, 0.6) is 0 Å². The van der Waals surface area contributed by atoms with Crippen LogP contribution < -0.4 is 5.32 Å². The quantitative estimate of drug-likeness (QED) is 0.931. The first-order valence-electron chi connectivity index (χ1n) is 7.79. The topological polar surface area (TPSA) is 41.6 Å². The van der Waals surface area contributed by atoms with Crippen LogP contribution in [0, 0.1) is 5.82 Å². The molecule has 1 aliphatic rings. The van der Waals surface area contributed by atoms with Crippen LogP contribution in [0.2, 0.25) is 0 Å². The van der Waals surface area contributed by atoms with Gasteiger partial charge in [0.05, 0.1) is 0 Å². The second-order valence-electron chi connectivity index (χ2n) is 6.79. The van der Waals surface area contributed by atoms with Gasteiger partial charge in [0.2, 0.25) is 0 Å². The van der Waals surface area contributed by atoms with Gasteiger partial charge >= 0.3 is 6.09 Å². The fourth-order valence-corrected chi connectivity index (χ4v) is 2.58. The summed E-state index contributed by atoms with van der Waals surface area (Å²) in [6.07, 6.45) is 1.35. The highest BCUT2D eigenvalue weighted by Crippen LogP contribution is 2.16. The van der Waals surface area contributed by atoms with E-state index in [0.717, 1.165) is 31.5 Å². The average Bonchev–Trinajstić information content (AvgIpc) is 2.41. The van der Waals surface area contributed by atoms with Crippen LogP contribution in [0.4, 0.5) is 9.18 Å². The number of amides is 1. The highest BCUT2D eigenvalue weighted by molar-refractivity contribution is 5.68. The lowest BCUT2D eigenvalue weighted by atomic mass is 10.0. The molecule has 122 valence electrons. The lowest BCUT2D eigenvalue weighted by molar-refractivity contribution is 0.0477. The zero-order valence-corrected chi connectivity index (χ0v) is 13.6. The van der Waals surface area contributed by atoms with E-state index in [-0.39, 0.29) is 18.0 Å². The maximum Gasteiger partial charge on any atom is 0.407 e. The molecule has 1 aliphatic heterocycles. The number of nitrogens with zero attached hydrogens (tertiary/aromatic N) is 1. The van der Waals surface area contributed by atoms with Crippen molar-refractivity contribution in [2.75, 3.05) is 13.1 Å². The number of piperidine rings is 1. The van der Waals surface area contributed by atoms with Crippen LogP contribution in [0.1, 0.15) is 39.2 Å². The molecule has 0 bridgehead atoms. The van der Waals surface area contributed by atoms with Crippen LogP contribution >= 0.6 is 0 Å². The van der Waals surface area contributed by atoms with Crippen molar-refractivity contribution in [3.8, 4) is 0 Å².